The van der Waals surface area contributed by atoms with Crippen LogP contribution in [0.5, 0.6) is 0 Å². The highest BCUT2D eigenvalue weighted by Crippen LogP contribution is 2.42. The van der Waals surface area contributed by atoms with Crippen molar-refractivity contribution in [1.29, 1.82) is 0 Å². The third-order valence-corrected chi connectivity index (χ3v) is 5.76. The Morgan fingerprint density at radius 2 is 1.61 bits per heavy atom. The highest BCUT2D eigenvalue weighted by atomic mass is 19.4. The monoisotopic (exact) mass is 433 g/mol. The fraction of sp³-hybridized carbons (Fsp3) is 0.417. The number of benzene rings is 2. The zero-order valence-electron chi connectivity index (χ0n) is 17.9. The first-order valence-electron chi connectivity index (χ1n) is 10.1. The molecule has 2 aromatic carbocycles. The van der Waals surface area contributed by atoms with Gasteiger partial charge in [0.1, 0.15) is 12.6 Å². The highest BCUT2D eigenvalue weighted by Gasteiger charge is 2.46. The molecule has 0 saturated carbocycles. The highest BCUT2D eigenvalue weighted by molar-refractivity contribution is 5.95. The van der Waals surface area contributed by atoms with Gasteiger partial charge in [0, 0.05) is 0 Å². The number of nitrogens with zero attached hydrogens (tertiary/aromatic N) is 1. The van der Waals surface area contributed by atoms with Crippen LogP contribution in [0.2, 0.25) is 0 Å². The lowest BCUT2D eigenvalue weighted by atomic mass is 9.70. The smallest absolute Gasteiger partial charge is 0.417 e. The van der Waals surface area contributed by atoms with E-state index in [0.717, 1.165) is 22.6 Å². The molecule has 2 aromatic rings. The van der Waals surface area contributed by atoms with Crippen molar-refractivity contribution in [2.75, 3.05) is 6.61 Å². The van der Waals surface area contributed by atoms with Crippen LogP contribution in [-0.4, -0.2) is 23.5 Å². The molecule has 1 aliphatic rings. The van der Waals surface area contributed by atoms with Crippen LogP contribution in [0.15, 0.2) is 54.6 Å². The van der Waals surface area contributed by atoms with Gasteiger partial charge in [-0.2, -0.15) is 13.2 Å². The lowest BCUT2D eigenvalue weighted by Crippen LogP contribution is -2.45. The lowest BCUT2D eigenvalue weighted by molar-refractivity contribution is -0.139. The van der Waals surface area contributed by atoms with E-state index in [4.69, 9.17) is 4.74 Å². The number of halogens is 3. The average molecular weight is 433 g/mol. The van der Waals surface area contributed by atoms with Crippen molar-refractivity contribution in [1.82, 2.24) is 4.90 Å². The van der Waals surface area contributed by atoms with Gasteiger partial charge in [-0.05, 0) is 34.6 Å². The molecule has 7 heteroatoms. The molecule has 0 aliphatic carbocycles. The van der Waals surface area contributed by atoms with E-state index in [9.17, 15) is 22.8 Å². The van der Waals surface area contributed by atoms with Crippen molar-refractivity contribution < 1.29 is 27.5 Å². The summed E-state index contributed by atoms with van der Waals surface area (Å²) in [6.45, 7) is 7.52. The van der Waals surface area contributed by atoms with Crippen LogP contribution in [0.25, 0.3) is 0 Å². The second-order valence-electron chi connectivity index (χ2n) is 8.96. The summed E-state index contributed by atoms with van der Waals surface area (Å²) < 4.78 is 44.0. The standard InChI is InChI=1S/C24H26F3NO3/c1-15(16-10-12-18(13-11-16)24(25,26)27)20(23(2,3)4)21(29)28-19(14-31-22(28)30)17-8-6-5-7-9-17/h5-13,15,19-20H,14H2,1-4H3/t15-,19+,20-/m1/s1. The molecular weight excluding hydrogens is 407 g/mol. The van der Waals surface area contributed by atoms with Crippen LogP contribution in [-0.2, 0) is 15.7 Å². The molecule has 1 fully saturated rings. The second kappa shape index (κ2) is 8.36. The van der Waals surface area contributed by atoms with Crippen LogP contribution >= 0.6 is 0 Å². The fourth-order valence-corrected chi connectivity index (χ4v) is 4.24. The van der Waals surface area contributed by atoms with Gasteiger partial charge < -0.3 is 4.74 Å². The van der Waals surface area contributed by atoms with Crippen LogP contribution in [0, 0.1) is 11.3 Å². The topological polar surface area (TPSA) is 46.6 Å². The summed E-state index contributed by atoms with van der Waals surface area (Å²) in [6.07, 6.45) is -5.13. The van der Waals surface area contributed by atoms with Crippen molar-refractivity contribution >= 4 is 12.0 Å². The third kappa shape index (κ3) is 4.75. The maximum Gasteiger partial charge on any atom is 0.417 e. The van der Waals surface area contributed by atoms with Gasteiger partial charge in [0.05, 0.1) is 11.5 Å². The molecule has 166 valence electrons. The Bertz CT molecular complexity index is 933. The van der Waals surface area contributed by atoms with Gasteiger partial charge in [-0.3, -0.25) is 4.79 Å². The molecule has 1 aliphatic heterocycles. The predicted octanol–water partition coefficient (Wildman–Crippen LogP) is 6.19. The maximum absolute atomic E-state index is 13.7. The van der Waals surface area contributed by atoms with E-state index < -0.39 is 47.0 Å². The number of carbonyl (C=O) groups excluding carboxylic acids is 2. The second-order valence-corrected chi connectivity index (χ2v) is 8.96. The van der Waals surface area contributed by atoms with E-state index in [1.165, 1.54) is 12.1 Å². The number of imide groups is 1. The number of carbonyl (C=O) groups is 2. The van der Waals surface area contributed by atoms with Crippen LogP contribution < -0.4 is 0 Å². The predicted molar refractivity (Wildman–Crippen MR) is 110 cm³/mol. The summed E-state index contributed by atoms with van der Waals surface area (Å²) in [6, 6.07) is 13.5. The summed E-state index contributed by atoms with van der Waals surface area (Å²) in [4.78, 5) is 27.3. The first kappa shape index (κ1) is 22.8. The first-order valence-corrected chi connectivity index (χ1v) is 10.1. The Balaban J connectivity index is 1.95. The zero-order valence-corrected chi connectivity index (χ0v) is 17.9. The Morgan fingerprint density at radius 3 is 2.13 bits per heavy atom. The molecule has 1 heterocycles. The van der Waals surface area contributed by atoms with Gasteiger partial charge in [-0.1, -0.05) is 70.2 Å². The van der Waals surface area contributed by atoms with Crippen molar-refractivity contribution in [3.05, 3.63) is 71.3 Å². The van der Waals surface area contributed by atoms with E-state index >= 15 is 0 Å². The molecule has 1 saturated heterocycles. The molecule has 2 amide bonds. The van der Waals surface area contributed by atoms with Gasteiger partial charge in [0.15, 0.2) is 0 Å². The van der Waals surface area contributed by atoms with Gasteiger partial charge in [0.2, 0.25) is 5.91 Å². The van der Waals surface area contributed by atoms with Gasteiger partial charge in [-0.25, -0.2) is 9.69 Å². The molecule has 0 N–H and O–H groups in total. The van der Waals surface area contributed by atoms with Crippen molar-refractivity contribution in [3.8, 4) is 0 Å². The van der Waals surface area contributed by atoms with E-state index in [2.05, 4.69) is 0 Å². The normalized spacial score (nSPS) is 19.1. The Morgan fingerprint density at radius 1 is 1.03 bits per heavy atom. The molecular formula is C24H26F3NO3. The molecule has 0 radical (unpaired) electrons. The summed E-state index contributed by atoms with van der Waals surface area (Å²) in [5.41, 5.74) is 0.0968. The molecule has 0 aromatic heterocycles. The number of hydrogen-bond acceptors (Lipinski definition) is 3. The summed E-state index contributed by atoms with van der Waals surface area (Å²) in [5.74, 6) is -1.46. The van der Waals surface area contributed by atoms with E-state index in [1.807, 2.05) is 51.1 Å². The first-order chi connectivity index (χ1) is 14.4. The Hall–Kier alpha value is -2.83. The third-order valence-electron chi connectivity index (χ3n) is 5.76. The van der Waals surface area contributed by atoms with Crippen molar-refractivity contribution in [3.63, 3.8) is 0 Å². The maximum atomic E-state index is 13.7. The number of alkyl halides is 3. The molecule has 3 rings (SSSR count). The molecule has 0 bridgehead atoms. The quantitative estimate of drug-likeness (QED) is 0.577. The average Bonchev–Trinajstić information content (AvgIpc) is 3.08. The number of cyclic esters (lactones) is 1. The minimum atomic E-state index is -4.43. The summed E-state index contributed by atoms with van der Waals surface area (Å²) >= 11 is 0. The minimum Gasteiger partial charge on any atom is -0.446 e. The fourth-order valence-electron chi connectivity index (χ4n) is 4.24. The zero-order chi connectivity index (χ0) is 23.0. The Kier molecular flexibility index (Phi) is 6.16. The molecule has 4 nitrogen and oxygen atoms in total. The number of rotatable bonds is 4. The summed E-state index contributed by atoms with van der Waals surface area (Å²) in [7, 11) is 0. The van der Waals surface area contributed by atoms with Crippen molar-refractivity contribution in [2.45, 2.75) is 45.8 Å². The van der Waals surface area contributed by atoms with E-state index in [0.29, 0.717) is 5.56 Å². The van der Waals surface area contributed by atoms with Crippen LogP contribution in [0.1, 0.15) is 56.3 Å². The van der Waals surface area contributed by atoms with Crippen LogP contribution in [0.3, 0.4) is 0 Å². The van der Waals surface area contributed by atoms with Crippen molar-refractivity contribution in [2.24, 2.45) is 11.3 Å². The summed E-state index contributed by atoms with van der Waals surface area (Å²) in [5, 5.41) is 0. The number of hydrogen-bond donors (Lipinski definition) is 0. The SMILES string of the molecule is C[C@H](c1ccc(C(F)(F)F)cc1)[C@H](C(=O)N1C(=O)OC[C@H]1c1ccccc1)C(C)(C)C. The van der Waals surface area contributed by atoms with Gasteiger partial charge >= 0.3 is 12.3 Å². The van der Waals surface area contributed by atoms with Crippen LogP contribution in [0.4, 0.5) is 18.0 Å². The molecule has 0 spiro atoms. The minimum absolute atomic E-state index is 0.0696. The van der Waals surface area contributed by atoms with Gasteiger partial charge in [0.25, 0.3) is 0 Å². The lowest BCUT2D eigenvalue weighted by Gasteiger charge is -2.37. The molecule has 31 heavy (non-hydrogen) atoms. The van der Waals surface area contributed by atoms with E-state index in [-0.39, 0.29) is 6.61 Å². The molecule has 3 atom stereocenters. The Labute approximate surface area is 180 Å². The number of amides is 2. The van der Waals surface area contributed by atoms with Gasteiger partial charge in [-0.15, -0.1) is 0 Å². The molecule has 0 unspecified atom stereocenters. The largest absolute Gasteiger partial charge is 0.446 e. The van der Waals surface area contributed by atoms with E-state index in [1.54, 1.807) is 6.92 Å². The number of ether oxygens (including phenoxy) is 1.